The second kappa shape index (κ2) is 6.29. The zero-order valence-electron chi connectivity index (χ0n) is 10.2. The van der Waals surface area contributed by atoms with Crippen molar-refractivity contribution in [2.75, 3.05) is 6.54 Å². The van der Waals surface area contributed by atoms with Gasteiger partial charge in [0.05, 0.1) is 17.8 Å². The van der Waals surface area contributed by atoms with E-state index in [1.165, 1.54) is 22.8 Å². The normalized spacial score (nSPS) is 11.8. The Kier molecular flexibility index (Phi) is 4.70. The van der Waals surface area contributed by atoms with Crippen LogP contribution in [-0.2, 0) is 23.2 Å². The number of hydrogen-bond donors (Lipinski definition) is 2. The van der Waals surface area contributed by atoms with Crippen molar-refractivity contribution in [1.29, 1.82) is 0 Å². The third-order valence-electron chi connectivity index (χ3n) is 2.54. The summed E-state index contributed by atoms with van der Waals surface area (Å²) < 4.78 is 28.3. The van der Waals surface area contributed by atoms with Crippen molar-refractivity contribution in [2.45, 2.75) is 24.5 Å². The third-order valence-corrected chi connectivity index (χ3v) is 5.05. The Labute approximate surface area is 115 Å². The number of nitrogens with zero attached hydrogens (tertiary/aromatic N) is 2. The fourth-order valence-corrected chi connectivity index (χ4v) is 3.76. The predicted octanol–water partition coefficient (Wildman–Crippen LogP) is 0.805. The monoisotopic (exact) mass is 301 g/mol. The van der Waals surface area contributed by atoms with E-state index in [-0.39, 0.29) is 11.5 Å². The van der Waals surface area contributed by atoms with Gasteiger partial charge >= 0.3 is 0 Å². The molecule has 0 atom stereocenters. The molecule has 0 amide bonds. The van der Waals surface area contributed by atoms with Crippen LogP contribution in [-0.4, -0.2) is 29.6 Å². The molecule has 0 spiro atoms. The highest BCUT2D eigenvalue weighted by atomic mass is 32.2. The minimum Gasteiger partial charge on any atom is -0.391 e. The van der Waals surface area contributed by atoms with Gasteiger partial charge in [-0.15, -0.1) is 11.3 Å². The first kappa shape index (κ1) is 14.2. The van der Waals surface area contributed by atoms with Crippen molar-refractivity contribution in [2.24, 2.45) is 0 Å². The zero-order chi connectivity index (χ0) is 13.7. The predicted molar refractivity (Wildman–Crippen MR) is 72.3 cm³/mol. The molecule has 2 N–H and O–H groups in total. The Balaban J connectivity index is 1.84. The number of hydrogen-bond acceptors (Lipinski definition) is 5. The summed E-state index contributed by atoms with van der Waals surface area (Å²) in [5.41, 5.74) is 0. The number of thiophene rings is 1. The number of aromatic nitrogens is 2. The van der Waals surface area contributed by atoms with Crippen molar-refractivity contribution in [3.63, 3.8) is 0 Å². The van der Waals surface area contributed by atoms with E-state index in [1.54, 1.807) is 12.5 Å². The SMILES string of the molecule is O=S(=O)(NCCCn1ccnc1)c1csc(CO)c1. The molecule has 19 heavy (non-hydrogen) atoms. The first-order valence-electron chi connectivity index (χ1n) is 5.75. The van der Waals surface area contributed by atoms with Crippen LogP contribution in [0.4, 0.5) is 0 Å². The summed E-state index contributed by atoms with van der Waals surface area (Å²) in [6, 6.07) is 1.49. The van der Waals surface area contributed by atoms with Gasteiger partial charge in [-0.1, -0.05) is 0 Å². The fourth-order valence-electron chi connectivity index (χ4n) is 1.55. The highest BCUT2D eigenvalue weighted by molar-refractivity contribution is 7.89. The lowest BCUT2D eigenvalue weighted by atomic mass is 10.4. The lowest BCUT2D eigenvalue weighted by Gasteiger charge is -2.05. The smallest absolute Gasteiger partial charge is 0.241 e. The first-order valence-corrected chi connectivity index (χ1v) is 8.12. The highest BCUT2D eigenvalue weighted by Gasteiger charge is 2.15. The van der Waals surface area contributed by atoms with Gasteiger partial charge in [0.1, 0.15) is 0 Å². The molecule has 2 rings (SSSR count). The molecular formula is C11H15N3O3S2. The molecule has 0 aromatic carbocycles. The van der Waals surface area contributed by atoms with Gasteiger partial charge in [-0.2, -0.15) is 0 Å². The lowest BCUT2D eigenvalue weighted by molar-refractivity contribution is 0.285. The van der Waals surface area contributed by atoms with Gasteiger partial charge in [-0.05, 0) is 12.5 Å². The van der Waals surface area contributed by atoms with E-state index in [4.69, 9.17) is 5.11 Å². The van der Waals surface area contributed by atoms with Crippen LogP contribution in [0.2, 0.25) is 0 Å². The standard InChI is InChI=1S/C11H15N3O3S2/c15-7-10-6-11(8-18-10)19(16,17)13-2-1-4-14-5-3-12-9-14/h3,5-6,8-9,13,15H,1-2,4,7H2. The third kappa shape index (κ3) is 3.87. The van der Waals surface area contributed by atoms with Crippen LogP contribution in [0.1, 0.15) is 11.3 Å². The zero-order valence-corrected chi connectivity index (χ0v) is 11.8. The molecule has 2 aromatic heterocycles. The minimum atomic E-state index is -3.47. The summed E-state index contributed by atoms with van der Waals surface area (Å²) in [5, 5.41) is 10.5. The molecule has 6 nitrogen and oxygen atoms in total. The number of sulfonamides is 1. The Morgan fingerprint density at radius 2 is 2.32 bits per heavy atom. The fraction of sp³-hybridized carbons (Fsp3) is 0.364. The van der Waals surface area contributed by atoms with Crippen molar-refractivity contribution < 1.29 is 13.5 Å². The van der Waals surface area contributed by atoms with Gasteiger partial charge in [0.2, 0.25) is 10.0 Å². The average Bonchev–Trinajstić information content (AvgIpc) is 3.05. The van der Waals surface area contributed by atoms with E-state index in [0.29, 0.717) is 24.4 Å². The molecular weight excluding hydrogens is 286 g/mol. The van der Waals surface area contributed by atoms with E-state index in [9.17, 15) is 8.42 Å². The van der Waals surface area contributed by atoms with Gasteiger partial charge in [0.15, 0.2) is 0 Å². The van der Waals surface area contributed by atoms with E-state index in [2.05, 4.69) is 9.71 Å². The summed E-state index contributed by atoms with van der Waals surface area (Å²) in [6.07, 6.45) is 5.90. The van der Waals surface area contributed by atoms with Crippen LogP contribution in [0.5, 0.6) is 0 Å². The molecule has 8 heteroatoms. The largest absolute Gasteiger partial charge is 0.391 e. The maximum atomic E-state index is 11.9. The highest BCUT2D eigenvalue weighted by Crippen LogP contribution is 2.18. The number of aliphatic hydroxyl groups excluding tert-OH is 1. The Morgan fingerprint density at radius 1 is 1.47 bits per heavy atom. The number of rotatable bonds is 7. The van der Waals surface area contributed by atoms with E-state index in [0.717, 1.165) is 0 Å². The molecule has 104 valence electrons. The van der Waals surface area contributed by atoms with E-state index >= 15 is 0 Å². The molecule has 0 aliphatic rings. The van der Waals surface area contributed by atoms with Crippen LogP contribution in [0.3, 0.4) is 0 Å². The maximum Gasteiger partial charge on any atom is 0.241 e. The molecule has 0 saturated carbocycles. The van der Waals surface area contributed by atoms with Crippen LogP contribution in [0, 0.1) is 0 Å². The molecule has 0 radical (unpaired) electrons. The van der Waals surface area contributed by atoms with Gasteiger partial charge in [0.25, 0.3) is 0 Å². The topological polar surface area (TPSA) is 84.2 Å². The van der Waals surface area contributed by atoms with E-state index < -0.39 is 10.0 Å². The second-order valence-corrected chi connectivity index (χ2v) is 6.72. The molecule has 2 heterocycles. The van der Waals surface area contributed by atoms with Gasteiger partial charge in [0, 0.05) is 35.7 Å². The quantitative estimate of drug-likeness (QED) is 0.741. The number of imidazole rings is 1. The van der Waals surface area contributed by atoms with Crippen molar-refractivity contribution in [3.05, 3.63) is 35.0 Å². The van der Waals surface area contributed by atoms with Gasteiger partial charge in [-0.3, -0.25) is 0 Å². The number of nitrogens with one attached hydrogen (secondary N) is 1. The average molecular weight is 301 g/mol. The minimum absolute atomic E-state index is 0.138. The number of aliphatic hydroxyl groups is 1. The summed E-state index contributed by atoms with van der Waals surface area (Å²) in [6.45, 7) is 0.944. The molecule has 2 aromatic rings. The molecule has 0 aliphatic heterocycles. The van der Waals surface area contributed by atoms with E-state index in [1.807, 2.05) is 10.8 Å². The maximum absolute atomic E-state index is 11.9. The number of aryl methyl sites for hydroxylation is 1. The summed E-state index contributed by atoms with van der Waals surface area (Å²) >= 11 is 1.23. The van der Waals surface area contributed by atoms with Crippen molar-refractivity contribution >= 4 is 21.4 Å². The Morgan fingerprint density at radius 3 is 2.95 bits per heavy atom. The summed E-state index contributed by atoms with van der Waals surface area (Å²) in [4.78, 5) is 4.76. The molecule has 0 saturated heterocycles. The van der Waals surface area contributed by atoms with Gasteiger partial charge < -0.3 is 9.67 Å². The summed E-state index contributed by atoms with van der Waals surface area (Å²) in [7, 11) is -3.47. The van der Waals surface area contributed by atoms with Crippen LogP contribution in [0.25, 0.3) is 0 Å². The second-order valence-electron chi connectivity index (χ2n) is 3.96. The van der Waals surface area contributed by atoms with Gasteiger partial charge in [-0.25, -0.2) is 18.1 Å². The van der Waals surface area contributed by atoms with Crippen molar-refractivity contribution in [1.82, 2.24) is 14.3 Å². The van der Waals surface area contributed by atoms with Crippen LogP contribution >= 0.6 is 11.3 Å². The van der Waals surface area contributed by atoms with Crippen LogP contribution < -0.4 is 4.72 Å². The molecule has 0 fully saturated rings. The molecule has 0 unspecified atom stereocenters. The lowest BCUT2D eigenvalue weighted by Crippen LogP contribution is -2.25. The van der Waals surface area contributed by atoms with Crippen molar-refractivity contribution in [3.8, 4) is 0 Å². The Bertz CT molecular complexity index is 605. The Hall–Kier alpha value is -1.22. The summed E-state index contributed by atoms with van der Waals surface area (Å²) in [5.74, 6) is 0. The van der Waals surface area contributed by atoms with Crippen LogP contribution in [0.15, 0.2) is 35.1 Å². The molecule has 0 aliphatic carbocycles. The molecule has 0 bridgehead atoms. The first-order chi connectivity index (χ1) is 9.12.